The van der Waals surface area contributed by atoms with E-state index in [1.54, 1.807) is 14.1 Å². The maximum absolute atomic E-state index is 12.0. The van der Waals surface area contributed by atoms with Gasteiger partial charge in [-0.2, -0.15) is 17.0 Å². The average Bonchev–Trinajstić information content (AvgIpc) is 1.99. The Morgan fingerprint density at radius 2 is 1.81 bits per heavy atom. The molecule has 1 aliphatic heterocycles. The highest BCUT2D eigenvalue weighted by Crippen LogP contribution is 2.12. The lowest BCUT2D eigenvalue weighted by molar-refractivity contribution is 0.255. The van der Waals surface area contributed by atoms with Crippen LogP contribution in [0.25, 0.3) is 0 Å². The van der Waals surface area contributed by atoms with Gasteiger partial charge in [-0.05, 0) is 5.92 Å². The predicted molar refractivity (Wildman–Crippen MR) is 68.1 cm³/mol. The van der Waals surface area contributed by atoms with Gasteiger partial charge in [0, 0.05) is 33.7 Å². The van der Waals surface area contributed by atoms with Gasteiger partial charge >= 0.3 is 0 Å². The fourth-order valence-corrected chi connectivity index (χ4v) is 3.00. The van der Waals surface area contributed by atoms with Crippen LogP contribution in [0.1, 0.15) is 13.8 Å². The molecule has 1 heterocycles. The number of nitrogens with one attached hydrogen (secondary N) is 1. The Kier molecular flexibility index (Phi) is 6.21. The van der Waals surface area contributed by atoms with E-state index in [0.29, 0.717) is 12.5 Å². The molecule has 1 aliphatic rings. The van der Waals surface area contributed by atoms with Crippen LogP contribution in [0.2, 0.25) is 0 Å². The second-order valence-corrected chi connectivity index (χ2v) is 6.61. The van der Waals surface area contributed by atoms with E-state index in [1.165, 1.54) is 8.61 Å². The molecule has 0 aliphatic carbocycles. The highest BCUT2D eigenvalue weighted by Gasteiger charge is 2.33. The zero-order valence-corrected chi connectivity index (χ0v) is 11.9. The number of hydrogen-bond acceptors (Lipinski definition) is 3. The van der Waals surface area contributed by atoms with E-state index in [1.807, 2.05) is 13.8 Å². The molecule has 0 radical (unpaired) electrons. The van der Waals surface area contributed by atoms with Crippen molar-refractivity contribution < 1.29 is 8.42 Å². The van der Waals surface area contributed by atoms with Crippen LogP contribution in [0.15, 0.2) is 0 Å². The molecule has 0 bridgehead atoms. The van der Waals surface area contributed by atoms with Crippen molar-refractivity contribution in [3.8, 4) is 0 Å². The lowest BCUT2D eigenvalue weighted by Gasteiger charge is -2.37. The molecule has 0 amide bonds. The summed E-state index contributed by atoms with van der Waals surface area (Å²) in [5.74, 6) is 0.345. The van der Waals surface area contributed by atoms with Gasteiger partial charge in [-0.1, -0.05) is 13.8 Å². The summed E-state index contributed by atoms with van der Waals surface area (Å²) in [6.07, 6.45) is 0. The molecule has 16 heavy (non-hydrogen) atoms. The molecular weight excluding hydrogens is 250 g/mol. The summed E-state index contributed by atoms with van der Waals surface area (Å²) < 4.78 is 26.9. The number of likely N-dealkylation sites (N-methyl/N-ethyl adjacent to an activating group) is 1. The van der Waals surface area contributed by atoms with Crippen molar-refractivity contribution in [1.29, 1.82) is 0 Å². The first-order valence-corrected chi connectivity index (χ1v) is 6.65. The van der Waals surface area contributed by atoms with E-state index in [0.717, 1.165) is 13.1 Å². The van der Waals surface area contributed by atoms with E-state index >= 15 is 0 Å². The highest BCUT2D eigenvalue weighted by molar-refractivity contribution is 7.86. The molecule has 5 nitrogen and oxygen atoms in total. The van der Waals surface area contributed by atoms with Gasteiger partial charge in [-0.3, -0.25) is 0 Å². The minimum atomic E-state index is -3.27. The molecule has 1 saturated heterocycles. The van der Waals surface area contributed by atoms with E-state index in [2.05, 4.69) is 5.32 Å². The smallest absolute Gasteiger partial charge is 0.281 e. The Bertz CT molecular complexity index is 304. The van der Waals surface area contributed by atoms with Gasteiger partial charge in [0.1, 0.15) is 0 Å². The van der Waals surface area contributed by atoms with Crippen molar-refractivity contribution >= 4 is 22.6 Å². The Morgan fingerprint density at radius 3 is 2.12 bits per heavy atom. The quantitative estimate of drug-likeness (QED) is 0.774. The summed E-state index contributed by atoms with van der Waals surface area (Å²) >= 11 is 0. The van der Waals surface area contributed by atoms with Crippen molar-refractivity contribution in [2.75, 3.05) is 33.7 Å². The number of hydrogen-bond donors (Lipinski definition) is 1. The van der Waals surface area contributed by atoms with Gasteiger partial charge in [0.15, 0.2) is 0 Å². The summed E-state index contributed by atoms with van der Waals surface area (Å²) in [6.45, 7) is 6.09. The minimum Gasteiger partial charge on any atom is -0.313 e. The second-order valence-electron chi connectivity index (χ2n) is 4.51. The van der Waals surface area contributed by atoms with E-state index < -0.39 is 10.2 Å². The van der Waals surface area contributed by atoms with Gasteiger partial charge in [0.05, 0.1) is 6.04 Å². The summed E-state index contributed by atoms with van der Waals surface area (Å²) in [5, 5.41) is 3.07. The maximum atomic E-state index is 12.0. The van der Waals surface area contributed by atoms with Crippen molar-refractivity contribution in [2.45, 2.75) is 19.9 Å². The number of nitrogens with zero attached hydrogens (tertiary/aromatic N) is 2. The van der Waals surface area contributed by atoms with Crippen LogP contribution >= 0.6 is 12.4 Å². The molecule has 1 fully saturated rings. The molecule has 0 unspecified atom stereocenters. The van der Waals surface area contributed by atoms with Crippen LogP contribution < -0.4 is 5.32 Å². The largest absolute Gasteiger partial charge is 0.313 e. The monoisotopic (exact) mass is 271 g/mol. The number of rotatable bonds is 5. The van der Waals surface area contributed by atoms with Crippen LogP contribution in [0.5, 0.6) is 0 Å². The van der Waals surface area contributed by atoms with Crippen molar-refractivity contribution in [1.82, 2.24) is 13.9 Å². The molecule has 1 N–H and O–H groups in total. The second kappa shape index (κ2) is 6.16. The van der Waals surface area contributed by atoms with E-state index in [-0.39, 0.29) is 18.4 Å². The minimum absolute atomic E-state index is 0. The lowest BCUT2D eigenvalue weighted by atomic mass is 10.2. The Labute approximate surface area is 105 Å². The molecule has 0 aromatic heterocycles. The molecule has 0 aromatic rings. The van der Waals surface area contributed by atoms with Crippen molar-refractivity contribution in [3.05, 3.63) is 0 Å². The summed E-state index contributed by atoms with van der Waals surface area (Å²) in [7, 11) is 0.0198. The summed E-state index contributed by atoms with van der Waals surface area (Å²) in [6, 6.07) is 0.115. The molecule has 7 heteroatoms. The molecule has 98 valence electrons. The first-order valence-electron chi connectivity index (χ1n) is 5.25. The van der Waals surface area contributed by atoms with Gasteiger partial charge in [-0.15, -0.1) is 12.4 Å². The van der Waals surface area contributed by atoms with E-state index in [4.69, 9.17) is 0 Å². The first kappa shape index (κ1) is 16.1. The SMILES string of the molecule is CC(C)CN(C)S(=O)(=O)N(C)C1CNC1.Cl. The van der Waals surface area contributed by atoms with Crippen molar-refractivity contribution in [3.63, 3.8) is 0 Å². The van der Waals surface area contributed by atoms with Crippen LogP contribution in [0, 0.1) is 5.92 Å². The standard InChI is InChI=1S/C9H21N3O2S.ClH/c1-8(2)7-11(3)15(13,14)12(4)9-5-10-6-9;/h8-10H,5-7H2,1-4H3;1H. The fraction of sp³-hybridized carbons (Fsp3) is 1.00. The zero-order chi connectivity index (χ0) is 11.6. The van der Waals surface area contributed by atoms with E-state index in [9.17, 15) is 8.42 Å². The summed E-state index contributed by atoms with van der Waals surface area (Å²) in [5.41, 5.74) is 0. The predicted octanol–water partition coefficient (Wildman–Crippen LogP) is 0.144. The third-order valence-electron chi connectivity index (χ3n) is 2.65. The Morgan fingerprint density at radius 1 is 1.31 bits per heavy atom. The molecule has 0 atom stereocenters. The van der Waals surface area contributed by atoms with Gasteiger partial charge in [0.2, 0.25) is 0 Å². The fourth-order valence-electron chi connectivity index (χ4n) is 1.55. The molecule has 0 aromatic carbocycles. The third-order valence-corrected chi connectivity index (χ3v) is 4.62. The van der Waals surface area contributed by atoms with Crippen molar-refractivity contribution in [2.24, 2.45) is 5.92 Å². The van der Waals surface area contributed by atoms with Crippen LogP contribution in [-0.2, 0) is 10.2 Å². The van der Waals surface area contributed by atoms with Crippen LogP contribution in [0.3, 0.4) is 0 Å². The van der Waals surface area contributed by atoms with Crippen LogP contribution in [-0.4, -0.2) is 56.8 Å². The average molecular weight is 272 g/mol. The number of halogens is 1. The maximum Gasteiger partial charge on any atom is 0.281 e. The molecule has 1 rings (SSSR count). The first-order chi connectivity index (χ1) is 6.85. The molecule has 0 saturated carbocycles. The van der Waals surface area contributed by atoms with Gasteiger partial charge < -0.3 is 5.32 Å². The zero-order valence-electron chi connectivity index (χ0n) is 10.3. The Hall–Kier alpha value is 0.120. The molecule has 0 spiro atoms. The topological polar surface area (TPSA) is 52.7 Å². The highest BCUT2D eigenvalue weighted by atomic mass is 35.5. The van der Waals surface area contributed by atoms with Gasteiger partial charge in [-0.25, -0.2) is 0 Å². The summed E-state index contributed by atoms with van der Waals surface area (Å²) in [4.78, 5) is 0. The molecular formula is C9H22ClN3O2S. The normalized spacial score (nSPS) is 17.7. The van der Waals surface area contributed by atoms with Crippen LogP contribution in [0.4, 0.5) is 0 Å². The third kappa shape index (κ3) is 3.56. The Balaban J connectivity index is 0.00000225. The lowest BCUT2D eigenvalue weighted by Crippen LogP contribution is -2.59. The van der Waals surface area contributed by atoms with Gasteiger partial charge in [0.25, 0.3) is 10.2 Å².